The van der Waals surface area contributed by atoms with E-state index < -0.39 is 0 Å². The van der Waals surface area contributed by atoms with E-state index in [-0.39, 0.29) is 24.4 Å². The normalized spacial score (nSPS) is 23.1. The summed E-state index contributed by atoms with van der Waals surface area (Å²) in [6.45, 7) is 4.27. The zero-order valence-corrected chi connectivity index (χ0v) is 11.2. The molecule has 1 saturated heterocycles. The zero-order chi connectivity index (χ0) is 11.5. The first-order valence-electron chi connectivity index (χ1n) is 6.33. The number of carbonyl (C=O) groups is 1. The van der Waals surface area contributed by atoms with Crippen LogP contribution in [0.5, 0.6) is 0 Å². The molecule has 0 spiro atoms. The highest BCUT2D eigenvalue weighted by Gasteiger charge is 2.27. The lowest BCUT2D eigenvalue weighted by Gasteiger charge is -2.32. The molecule has 1 atom stereocenters. The molecule has 0 aromatic carbocycles. The van der Waals surface area contributed by atoms with Crippen molar-refractivity contribution in [3.8, 4) is 0 Å². The van der Waals surface area contributed by atoms with E-state index in [0.717, 1.165) is 38.5 Å². The number of piperidine rings is 1. The van der Waals surface area contributed by atoms with Gasteiger partial charge in [-0.2, -0.15) is 0 Å². The van der Waals surface area contributed by atoms with Crippen molar-refractivity contribution in [2.24, 2.45) is 11.7 Å². The van der Waals surface area contributed by atoms with Crippen LogP contribution in [0.1, 0.15) is 32.6 Å². The molecule has 1 heterocycles. The van der Waals surface area contributed by atoms with E-state index in [1.165, 1.54) is 12.8 Å². The van der Waals surface area contributed by atoms with Crippen molar-refractivity contribution in [3.05, 3.63) is 0 Å². The lowest BCUT2D eigenvalue weighted by atomic mass is 10.1. The van der Waals surface area contributed by atoms with Gasteiger partial charge in [-0.15, -0.1) is 12.4 Å². The highest BCUT2D eigenvalue weighted by Crippen LogP contribution is 2.30. The average molecular weight is 263 g/mol. The van der Waals surface area contributed by atoms with Crippen molar-refractivity contribution in [3.63, 3.8) is 0 Å². The van der Waals surface area contributed by atoms with E-state index in [4.69, 9.17) is 10.5 Å². The number of amides is 1. The van der Waals surface area contributed by atoms with Gasteiger partial charge in [0, 0.05) is 19.7 Å². The lowest BCUT2D eigenvalue weighted by Crippen LogP contribution is -2.47. The molecule has 17 heavy (non-hydrogen) atoms. The third-order valence-corrected chi connectivity index (χ3v) is 3.41. The minimum atomic E-state index is -0.371. The second-order valence-electron chi connectivity index (χ2n) is 5.09. The Kier molecular flexibility index (Phi) is 5.70. The summed E-state index contributed by atoms with van der Waals surface area (Å²) in [7, 11) is 0. The largest absolute Gasteiger partial charge is 0.378 e. The molecule has 2 aliphatic rings. The maximum absolute atomic E-state index is 11.6. The molecule has 100 valence electrons. The summed E-state index contributed by atoms with van der Waals surface area (Å²) in [5.41, 5.74) is 5.59. The first kappa shape index (κ1) is 14.7. The Morgan fingerprint density at radius 3 is 2.41 bits per heavy atom. The predicted octanol–water partition coefficient (Wildman–Crippen LogP) is 1.17. The second-order valence-corrected chi connectivity index (χ2v) is 5.09. The lowest BCUT2D eigenvalue weighted by molar-refractivity contribution is -0.134. The number of nitrogens with two attached hydrogens (primary N) is 1. The smallest absolute Gasteiger partial charge is 0.239 e. The first-order chi connectivity index (χ1) is 7.66. The second kappa shape index (κ2) is 6.57. The molecule has 2 fully saturated rings. The van der Waals surface area contributed by atoms with E-state index >= 15 is 0 Å². The SMILES string of the molecule is C[C@@H](N)C(=O)N1CCC(OCC2CC2)CC1.Cl. The van der Waals surface area contributed by atoms with Crippen LogP contribution in [-0.2, 0) is 9.53 Å². The van der Waals surface area contributed by atoms with Gasteiger partial charge in [0.25, 0.3) is 0 Å². The molecule has 2 rings (SSSR count). The van der Waals surface area contributed by atoms with Gasteiger partial charge in [-0.1, -0.05) is 0 Å². The van der Waals surface area contributed by atoms with E-state index in [1.807, 2.05) is 4.90 Å². The Bertz CT molecular complexity index is 249. The third kappa shape index (κ3) is 4.45. The Labute approximate surface area is 109 Å². The number of halogens is 1. The minimum Gasteiger partial charge on any atom is -0.378 e. The van der Waals surface area contributed by atoms with Gasteiger partial charge >= 0.3 is 0 Å². The molecule has 1 saturated carbocycles. The molecular weight excluding hydrogens is 240 g/mol. The van der Waals surface area contributed by atoms with Crippen LogP contribution >= 0.6 is 12.4 Å². The van der Waals surface area contributed by atoms with Crippen LogP contribution in [0, 0.1) is 5.92 Å². The van der Waals surface area contributed by atoms with Crippen LogP contribution in [0.4, 0.5) is 0 Å². The van der Waals surface area contributed by atoms with Gasteiger partial charge < -0.3 is 15.4 Å². The molecule has 5 heteroatoms. The molecule has 2 N–H and O–H groups in total. The fraction of sp³-hybridized carbons (Fsp3) is 0.917. The van der Waals surface area contributed by atoms with Gasteiger partial charge in [0.1, 0.15) is 0 Å². The summed E-state index contributed by atoms with van der Waals surface area (Å²) >= 11 is 0. The van der Waals surface area contributed by atoms with E-state index in [2.05, 4.69) is 0 Å². The summed E-state index contributed by atoms with van der Waals surface area (Å²) in [4.78, 5) is 13.5. The highest BCUT2D eigenvalue weighted by molar-refractivity contribution is 5.85. The molecule has 1 amide bonds. The molecule has 0 unspecified atom stereocenters. The first-order valence-corrected chi connectivity index (χ1v) is 6.33. The Morgan fingerprint density at radius 1 is 1.35 bits per heavy atom. The molecule has 0 aromatic rings. The topological polar surface area (TPSA) is 55.6 Å². The van der Waals surface area contributed by atoms with Crippen molar-refractivity contribution >= 4 is 18.3 Å². The van der Waals surface area contributed by atoms with Crippen molar-refractivity contribution in [1.29, 1.82) is 0 Å². The van der Waals surface area contributed by atoms with Crippen molar-refractivity contribution < 1.29 is 9.53 Å². The molecule has 4 nitrogen and oxygen atoms in total. The van der Waals surface area contributed by atoms with Crippen LogP contribution < -0.4 is 5.73 Å². The van der Waals surface area contributed by atoms with E-state index in [1.54, 1.807) is 6.92 Å². The maximum atomic E-state index is 11.6. The fourth-order valence-corrected chi connectivity index (χ4v) is 2.09. The minimum absolute atomic E-state index is 0. The highest BCUT2D eigenvalue weighted by atomic mass is 35.5. The van der Waals surface area contributed by atoms with Crippen molar-refractivity contribution in [2.75, 3.05) is 19.7 Å². The predicted molar refractivity (Wildman–Crippen MR) is 69.2 cm³/mol. The summed E-state index contributed by atoms with van der Waals surface area (Å²) in [6, 6.07) is -0.371. The van der Waals surface area contributed by atoms with Crippen LogP contribution in [0.15, 0.2) is 0 Å². The maximum Gasteiger partial charge on any atom is 0.239 e. The molecule has 1 aliphatic carbocycles. The van der Waals surface area contributed by atoms with Crippen LogP contribution in [-0.4, -0.2) is 42.6 Å². The fourth-order valence-electron chi connectivity index (χ4n) is 2.09. The summed E-state index contributed by atoms with van der Waals surface area (Å²) in [5.74, 6) is 0.893. The van der Waals surface area contributed by atoms with Gasteiger partial charge in [-0.25, -0.2) is 0 Å². The average Bonchev–Trinajstić information content (AvgIpc) is 3.10. The van der Waals surface area contributed by atoms with Gasteiger partial charge in [-0.05, 0) is 38.5 Å². The van der Waals surface area contributed by atoms with E-state index in [0.29, 0.717) is 6.10 Å². The van der Waals surface area contributed by atoms with Crippen LogP contribution in [0.2, 0.25) is 0 Å². The summed E-state index contributed by atoms with van der Waals surface area (Å²) in [6.07, 6.45) is 4.96. The quantitative estimate of drug-likeness (QED) is 0.828. The molecule has 0 aromatic heterocycles. The monoisotopic (exact) mass is 262 g/mol. The standard InChI is InChI=1S/C12H22N2O2.ClH/c1-9(13)12(15)14-6-4-11(5-7-14)16-8-10-2-3-10;/h9-11H,2-8,13H2,1H3;1H/t9-;/m1./s1. The van der Waals surface area contributed by atoms with Crippen molar-refractivity contribution in [1.82, 2.24) is 4.90 Å². The Morgan fingerprint density at radius 2 is 1.94 bits per heavy atom. The summed E-state index contributed by atoms with van der Waals surface area (Å²) in [5, 5.41) is 0. The summed E-state index contributed by atoms with van der Waals surface area (Å²) < 4.78 is 5.83. The zero-order valence-electron chi connectivity index (χ0n) is 10.4. The molecule has 0 bridgehead atoms. The van der Waals surface area contributed by atoms with Gasteiger partial charge in [0.05, 0.1) is 12.1 Å². The number of carbonyl (C=O) groups excluding carboxylic acids is 1. The van der Waals surface area contributed by atoms with Crippen molar-refractivity contribution in [2.45, 2.75) is 44.8 Å². The Balaban J connectivity index is 0.00000144. The number of hydrogen-bond donors (Lipinski definition) is 1. The third-order valence-electron chi connectivity index (χ3n) is 3.41. The number of rotatable bonds is 4. The van der Waals surface area contributed by atoms with Gasteiger partial charge in [0.2, 0.25) is 5.91 Å². The molecule has 0 radical (unpaired) electrons. The van der Waals surface area contributed by atoms with Gasteiger partial charge in [-0.3, -0.25) is 4.79 Å². The molecule has 1 aliphatic heterocycles. The molecular formula is C12H23ClN2O2. The van der Waals surface area contributed by atoms with Crippen LogP contribution in [0.25, 0.3) is 0 Å². The number of ether oxygens (including phenoxy) is 1. The number of hydrogen-bond acceptors (Lipinski definition) is 3. The van der Waals surface area contributed by atoms with Crippen LogP contribution in [0.3, 0.4) is 0 Å². The van der Waals surface area contributed by atoms with E-state index in [9.17, 15) is 4.79 Å². The van der Waals surface area contributed by atoms with Gasteiger partial charge in [0.15, 0.2) is 0 Å². The number of likely N-dealkylation sites (tertiary alicyclic amines) is 1. The number of nitrogens with zero attached hydrogens (tertiary/aromatic N) is 1. The Hall–Kier alpha value is -0.320.